The highest BCUT2D eigenvalue weighted by Crippen LogP contribution is 2.36. The molecule has 4 unspecified atom stereocenters. The quantitative estimate of drug-likeness (QED) is 0.901. The van der Waals surface area contributed by atoms with Gasteiger partial charge in [0.1, 0.15) is 0 Å². The maximum absolute atomic E-state index is 3.59. The van der Waals surface area contributed by atoms with E-state index in [2.05, 4.69) is 42.6 Å². The van der Waals surface area contributed by atoms with Crippen molar-refractivity contribution in [3.05, 3.63) is 21.9 Å². The van der Waals surface area contributed by atoms with Gasteiger partial charge in [0, 0.05) is 30.1 Å². The molecule has 0 aromatic carbocycles. The lowest BCUT2D eigenvalue weighted by Crippen LogP contribution is -2.46. The number of rotatable bonds is 4. The third kappa shape index (κ3) is 3.20. The zero-order valence-corrected chi connectivity index (χ0v) is 14.6. The Balaban J connectivity index is 1.67. The second-order valence-corrected chi connectivity index (χ2v) is 7.96. The van der Waals surface area contributed by atoms with Crippen molar-refractivity contribution in [2.45, 2.75) is 58.0 Å². The summed E-state index contributed by atoms with van der Waals surface area (Å²) < 4.78 is 0. The Labute approximate surface area is 133 Å². The molecule has 2 heterocycles. The molecule has 1 N–H and O–H groups in total. The number of nitrogens with zero attached hydrogens (tertiary/aromatic N) is 1. The highest BCUT2D eigenvalue weighted by Gasteiger charge is 2.33. The molecule has 1 aliphatic carbocycles. The Morgan fingerprint density at radius 2 is 2.24 bits per heavy atom. The summed E-state index contributed by atoms with van der Waals surface area (Å²) in [6.45, 7) is 7.29. The molecule has 0 spiro atoms. The van der Waals surface area contributed by atoms with Crippen molar-refractivity contribution in [2.75, 3.05) is 20.1 Å². The summed E-state index contributed by atoms with van der Waals surface area (Å²) in [4.78, 5) is 4.36. The first-order valence-electron chi connectivity index (χ1n) is 8.70. The monoisotopic (exact) mass is 306 g/mol. The molecular weight excluding hydrogens is 276 g/mol. The van der Waals surface area contributed by atoms with Crippen molar-refractivity contribution in [2.24, 2.45) is 11.8 Å². The first-order chi connectivity index (χ1) is 10.2. The molecule has 1 fully saturated rings. The molecule has 0 radical (unpaired) electrons. The Bertz CT molecular complexity index is 456. The van der Waals surface area contributed by atoms with Crippen molar-refractivity contribution in [1.29, 1.82) is 0 Å². The van der Waals surface area contributed by atoms with Gasteiger partial charge in [-0.15, -0.1) is 11.3 Å². The third-order valence-corrected chi connectivity index (χ3v) is 6.91. The zero-order valence-electron chi connectivity index (χ0n) is 13.8. The molecule has 3 heteroatoms. The van der Waals surface area contributed by atoms with Crippen LogP contribution in [0, 0.1) is 11.8 Å². The van der Waals surface area contributed by atoms with Gasteiger partial charge < -0.3 is 5.32 Å². The van der Waals surface area contributed by atoms with E-state index in [0.717, 1.165) is 17.9 Å². The fourth-order valence-electron chi connectivity index (χ4n) is 4.43. The number of nitrogens with one attached hydrogen (secondary N) is 1. The van der Waals surface area contributed by atoms with Gasteiger partial charge in [-0.3, -0.25) is 4.90 Å². The van der Waals surface area contributed by atoms with E-state index in [1.807, 2.05) is 11.3 Å². The lowest BCUT2D eigenvalue weighted by atomic mass is 9.76. The van der Waals surface area contributed by atoms with Gasteiger partial charge in [0.15, 0.2) is 0 Å². The van der Waals surface area contributed by atoms with Gasteiger partial charge in [0.25, 0.3) is 0 Å². The molecule has 1 aliphatic heterocycles. The van der Waals surface area contributed by atoms with Crippen LogP contribution in [0.1, 0.15) is 56.0 Å². The van der Waals surface area contributed by atoms with Crippen molar-refractivity contribution >= 4 is 11.3 Å². The first kappa shape index (κ1) is 15.5. The van der Waals surface area contributed by atoms with Crippen LogP contribution in [0.2, 0.25) is 0 Å². The molecular formula is C18H30N2S. The van der Waals surface area contributed by atoms with Gasteiger partial charge in [-0.25, -0.2) is 0 Å². The smallest absolute Gasteiger partial charge is 0.0331 e. The number of thiophene rings is 1. The molecule has 21 heavy (non-hydrogen) atoms. The number of hydrogen-bond acceptors (Lipinski definition) is 3. The van der Waals surface area contributed by atoms with Crippen LogP contribution in [-0.4, -0.2) is 31.1 Å². The van der Waals surface area contributed by atoms with Crippen molar-refractivity contribution < 1.29 is 0 Å². The maximum Gasteiger partial charge on any atom is 0.0331 e. The summed E-state index contributed by atoms with van der Waals surface area (Å²) in [5.74, 6) is 1.78. The molecule has 0 bridgehead atoms. The summed E-state index contributed by atoms with van der Waals surface area (Å²) in [7, 11) is 2.15. The maximum atomic E-state index is 3.59. The van der Waals surface area contributed by atoms with E-state index < -0.39 is 0 Å². The predicted molar refractivity (Wildman–Crippen MR) is 92.0 cm³/mol. The van der Waals surface area contributed by atoms with Gasteiger partial charge in [0.05, 0.1) is 0 Å². The van der Waals surface area contributed by atoms with Crippen molar-refractivity contribution in [3.63, 3.8) is 0 Å². The standard InChI is InChI=1S/C18H30N2S/c1-4-14-5-6-17(19-3)15(11-14)12-20-9-7-18-16(13(20)2)8-10-21-18/h8,10,13-15,17,19H,4-7,9,11-12H2,1-3H3. The van der Waals surface area contributed by atoms with Crippen LogP contribution in [0.3, 0.4) is 0 Å². The van der Waals surface area contributed by atoms with E-state index in [-0.39, 0.29) is 0 Å². The topological polar surface area (TPSA) is 15.3 Å². The normalized spacial score (nSPS) is 33.9. The first-order valence-corrected chi connectivity index (χ1v) is 9.58. The van der Waals surface area contributed by atoms with Crippen LogP contribution in [0.5, 0.6) is 0 Å². The van der Waals surface area contributed by atoms with Gasteiger partial charge in [0.2, 0.25) is 0 Å². The molecule has 2 nitrogen and oxygen atoms in total. The summed E-state index contributed by atoms with van der Waals surface area (Å²) >= 11 is 1.95. The van der Waals surface area contributed by atoms with Crippen LogP contribution >= 0.6 is 11.3 Å². The van der Waals surface area contributed by atoms with Gasteiger partial charge >= 0.3 is 0 Å². The fourth-order valence-corrected chi connectivity index (χ4v) is 5.39. The minimum atomic E-state index is 0.611. The molecule has 1 aromatic rings. The van der Waals surface area contributed by atoms with Crippen LogP contribution in [0.4, 0.5) is 0 Å². The van der Waals surface area contributed by atoms with E-state index in [0.29, 0.717) is 6.04 Å². The van der Waals surface area contributed by atoms with Gasteiger partial charge in [-0.1, -0.05) is 13.3 Å². The molecule has 2 aliphatic rings. The Morgan fingerprint density at radius 3 is 3.00 bits per heavy atom. The zero-order chi connectivity index (χ0) is 14.8. The van der Waals surface area contributed by atoms with Crippen molar-refractivity contribution in [3.8, 4) is 0 Å². The second-order valence-electron chi connectivity index (χ2n) is 6.96. The average Bonchev–Trinajstić information content (AvgIpc) is 2.99. The van der Waals surface area contributed by atoms with Crippen LogP contribution in [0.25, 0.3) is 0 Å². The second kappa shape index (κ2) is 6.80. The molecule has 1 aromatic heterocycles. The highest BCUT2D eigenvalue weighted by atomic mass is 32.1. The molecule has 118 valence electrons. The summed E-state index contributed by atoms with van der Waals surface area (Å²) in [5.41, 5.74) is 1.59. The predicted octanol–water partition coefficient (Wildman–Crippen LogP) is 4.08. The van der Waals surface area contributed by atoms with E-state index in [1.165, 1.54) is 45.2 Å². The van der Waals surface area contributed by atoms with Gasteiger partial charge in [-0.05, 0) is 68.5 Å². The van der Waals surface area contributed by atoms with E-state index in [4.69, 9.17) is 0 Å². The van der Waals surface area contributed by atoms with Gasteiger partial charge in [-0.2, -0.15) is 0 Å². The van der Waals surface area contributed by atoms with Crippen LogP contribution < -0.4 is 5.32 Å². The molecule has 1 saturated carbocycles. The molecule has 0 amide bonds. The van der Waals surface area contributed by atoms with E-state index in [9.17, 15) is 0 Å². The van der Waals surface area contributed by atoms with Crippen LogP contribution in [-0.2, 0) is 6.42 Å². The van der Waals surface area contributed by atoms with Crippen molar-refractivity contribution in [1.82, 2.24) is 10.2 Å². The third-order valence-electron chi connectivity index (χ3n) is 5.91. The molecule has 0 saturated heterocycles. The van der Waals surface area contributed by atoms with E-state index >= 15 is 0 Å². The largest absolute Gasteiger partial charge is 0.317 e. The molecule has 4 atom stereocenters. The number of hydrogen-bond donors (Lipinski definition) is 1. The summed E-state index contributed by atoms with van der Waals surface area (Å²) in [5, 5.41) is 5.87. The van der Waals surface area contributed by atoms with E-state index in [1.54, 1.807) is 10.4 Å². The van der Waals surface area contributed by atoms with Crippen LogP contribution in [0.15, 0.2) is 11.4 Å². The Kier molecular flexibility index (Phi) is 5.03. The molecule has 3 rings (SSSR count). The average molecular weight is 307 g/mol. The SMILES string of the molecule is CCC1CCC(NC)C(CN2CCc3sccc3C2C)C1. The summed E-state index contributed by atoms with van der Waals surface area (Å²) in [6, 6.07) is 3.69. The summed E-state index contributed by atoms with van der Waals surface area (Å²) in [6.07, 6.45) is 6.82. The Morgan fingerprint density at radius 1 is 1.38 bits per heavy atom. The Hall–Kier alpha value is -0.380. The fraction of sp³-hybridized carbons (Fsp3) is 0.778. The lowest BCUT2D eigenvalue weighted by Gasteiger charge is -2.42. The number of fused-ring (bicyclic) bond motifs is 1. The minimum Gasteiger partial charge on any atom is -0.317 e. The lowest BCUT2D eigenvalue weighted by molar-refractivity contribution is 0.112. The minimum absolute atomic E-state index is 0.611. The highest BCUT2D eigenvalue weighted by molar-refractivity contribution is 7.10.